The summed E-state index contributed by atoms with van der Waals surface area (Å²) in [5, 5.41) is 9.99. The van der Waals surface area contributed by atoms with Crippen LogP contribution in [0.3, 0.4) is 0 Å². The number of carbonyl (C=O) groups is 2. The van der Waals surface area contributed by atoms with E-state index in [0.717, 1.165) is 17.9 Å². The smallest absolute Gasteiger partial charge is 0.246 e. The second-order valence-corrected chi connectivity index (χ2v) is 7.46. The lowest BCUT2D eigenvalue weighted by atomic mass is 9.95. The number of nitrogens with one attached hydrogen (secondary N) is 2. The second-order valence-electron chi connectivity index (χ2n) is 7.07. The van der Waals surface area contributed by atoms with Gasteiger partial charge < -0.3 is 14.8 Å². The number of amides is 2. The van der Waals surface area contributed by atoms with Gasteiger partial charge in [-0.05, 0) is 43.6 Å². The molecular formula is C21H27N5O2S. The van der Waals surface area contributed by atoms with Gasteiger partial charge in [0.1, 0.15) is 5.82 Å². The van der Waals surface area contributed by atoms with Crippen molar-refractivity contribution in [2.45, 2.75) is 32.7 Å². The molecule has 1 aromatic carbocycles. The summed E-state index contributed by atoms with van der Waals surface area (Å²) in [4.78, 5) is 26.6. The molecule has 2 aromatic rings. The van der Waals surface area contributed by atoms with E-state index >= 15 is 0 Å². The largest absolute Gasteiger partial charge is 0.355 e. The minimum atomic E-state index is -0.0517. The van der Waals surface area contributed by atoms with Crippen LogP contribution in [-0.4, -0.2) is 51.1 Å². The number of H-pyrrole nitrogens is 1. The third-order valence-corrected chi connectivity index (χ3v) is 5.51. The Bertz CT molecular complexity index is 911. The first-order valence-corrected chi connectivity index (χ1v) is 10.4. The molecule has 0 bridgehead atoms. The third-order valence-electron chi connectivity index (χ3n) is 5.20. The summed E-state index contributed by atoms with van der Waals surface area (Å²) in [7, 11) is 0. The van der Waals surface area contributed by atoms with Crippen molar-refractivity contribution in [3.63, 3.8) is 0 Å². The van der Waals surface area contributed by atoms with Crippen LogP contribution in [0.5, 0.6) is 0 Å². The normalized spacial score (nSPS) is 15.0. The molecule has 1 saturated heterocycles. The molecule has 1 aliphatic heterocycles. The average Bonchev–Trinajstić information content (AvgIpc) is 3.12. The maximum absolute atomic E-state index is 12.5. The summed E-state index contributed by atoms with van der Waals surface area (Å²) >= 11 is 5.18. The summed E-state index contributed by atoms with van der Waals surface area (Å²) in [6, 6.07) is 9.75. The van der Waals surface area contributed by atoms with Crippen LogP contribution in [0.2, 0.25) is 0 Å². The highest BCUT2D eigenvalue weighted by molar-refractivity contribution is 7.71. The summed E-state index contributed by atoms with van der Waals surface area (Å²) in [5.74, 6) is 0.844. The van der Waals surface area contributed by atoms with E-state index < -0.39 is 0 Å². The molecule has 7 nitrogen and oxygen atoms in total. The van der Waals surface area contributed by atoms with Crippen LogP contribution in [-0.2, 0) is 22.6 Å². The monoisotopic (exact) mass is 413 g/mol. The van der Waals surface area contributed by atoms with Gasteiger partial charge in [0.05, 0.1) is 0 Å². The van der Waals surface area contributed by atoms with E-state index in [0.29, 0.717) is 43.7 Å². The number of benzene rings is 1. The van der Waals surface area contributed by atoms with E-state index in [-0.39, 0.29) is 17.7 Å². The number of likely N-dealkylation sites (tertiary alicyclic amines) is 1. The van der Waals surface area contributed by atoms with Crippen LogP contribution in [0.1, 0.15) is 31.2 Å². The van der Waals surface area contributed by atoms with Gasteiger partial charge in [0, 0.05) is 44.6 Å². The molecule has 2 N–H and O–H groups in total. The Kier molecular flexibility index (Phi) is 7.35. The Morgan fingerprint density at radius 2 is 2.00 bits per heavy atom. The predicted octanol–water partition coefficient (Wildman–Crippen LogP) is 2.57. The van der Waals surface area contributed by atoms with Crippen molar-refractivity contribution in [2.24, 2.45) is 5.92 Å². The molecule has 8 heteroatoms. The van der Waals surface area contributed by atoms with Crippen molar-refractivity contribution in [3.05, 3.63) is 52.6 Å². The van der Waals surface area contributed by atoms with Crippen LogP contribution in [0.25, 0.3) is 6.08 Å². The first-order chi connectivity index (χ1) is 14.1. The van der Waals surface area contributed by atoms with Gasteiger partial charge >= 0.3 is 0 Å². The van der Waals surface area contributed by atoms with Gasteiger partial charge in [-0.3, -0.25) is 14.7 Å². The number of aromatic amines is 1. The molecule has 29 heavy (non-hydrogen) atoms. The van der Waals surface area contributed by atoms with E-state index in [1.54, 1.807) is 6.08 Å². The van der Waals surface area contributed by atoms with Gasteiger partial charge in [-0.25, -0.2) is 0 Å². The minimum absolute atomic E-state index is 0.00455. The van der Waals surface area contributed by atoms with E-state index in [1.165, 1.54) is 0 Å². The fourth-order valence-electron chi connectivity index (χ4n) is 3.51. The summed E-state index contributed by atoms with van der Waals surface area (Å²) in [6.45, 7) is 4.49. The number of nitrogens with zero attached hydrogens (tertiary/aromatic N) is 3. The first-order valence-electron chi connectivity index (χ1n) is 10.0. The van der Waals surface area contributed by atoms with E-state index in [4.69, 9.17) is 12.2 Å². The van der Waals surface area contributed by atoms with Crippen molar-refractivity contribution in [2.75, 3.05) is 19.6 Å². The summed E-state index contributed by atoms with van der Waals surface area (Å²) in [6.07, 6.45) is 5.44. The fourth-order valence-corrected chi connectivity index (χ4v) is 3.79. The molecule has 2 heterocycles. The van der Waals surface area contributed by atoms with Crippen molar-refractivity contribution in [1.82, 2.24) is 25.0 Å². The maximum atomic E-state index is 12.5. The predicted molar refractivity (Wildman–Crippen MR) is 115 cm³/mol. The molecule has 1 fully saturated rings. The quantitative estimate of drug-likeness (QED) is 0.540. The lowest BCUT2D eigenvalue weighted by molar-refractivity contribution is -0.132. The Balaban J connectivity index is 1.41. The molecule has 1 aliphatic rings. The molecule has 3 rings (SSSR count). The van der Waals surface area contributed by atoms with Crippen LogP contribution >= 0.6 is 12.2 Å². The zero-order valence-corrected chi connectivity index (χ0v) is 17.5. The standard InChI is InChI=1S/C21H27N5O2S/c1-2-26-18(23-24-21(26)29)10-13-22-20(28)17-11-14-25(15-12-17)19(27)9-8-16-6-4-3-5-7-16/h3-9,17H,2,10-15H2,1H3,(H,22,28)(H,24,29)/b9-8+. The van der Waals surface area contributed by atoms with Crippen LogP contribution < -0.4 is 5.32 Å². The zero-order chi connectivity index (χ0) is 20.6. The number of aromatic nitrogens is 3. The van der Waals surface area contributed by atoms with Gasteiger partial charge in [0.2, 0.25) is 11.8 Å². The van der Waals surface area contributed by atoms with Crippen LogP contribution in [0, 0.1) is 10.7 Å². The highest BCUT2D eigenvalue weighted by atomic mass is 32.1. The molecule has 154 valence electrons. The van der Waals surface area contributed by atoms with Crippen LogP contribution in [0.15, 0.2) is 36.4 Å². The SMILES string of the molecule is CCn1c(CCNC(=O)C2CCN(C(=O)/C=C/c3ccccc3)CC2)n[nH]c1=S. The number of carbonyl (C=O) groups excluding carboxylic acids is 2. The second kappa shape index (κ2) is 10.2. The number of hydrogen-bond donors (Lipinski definition) is 2. The average molecular weight is 414 g/mol. The topological polar surface area (TPSA) is 83.0 Å². The maximum Gasteiger partial charge on any atom is 0.246 e. The molecule has 0 radical (unpaired) electrons. The highest BCUT2D eigenvalue weighted by Crippen LogP contribution is 2.18. The van der Waals surface area contributed by atoms with Crippen molar-refractivity contribution in [1.29, 1.82) is 0 Å². The van der Waals surface area contributed by atoms with Crippen molar-refractivity contribution < 1.29 is 9.59 Å². The molecule has 0 unspecified atom stereocenters. The van der Waals surface area contributed by atoms with Gasteiger partial charge in [-0.15, -0.1) is 0 Å². The molecule has 2 amide bonds. The molecule has 0 atom stereocenters. The minimum Gasteiger partial charge on any atom is -0.355 e. The number of hydrogen-bond acceptors (Lipinski definition) is 4. The molecule has 0 aliphatic carbocycles. The molecule has 0 saturated carbocycles. The Hall–Kier alpha value is -2.74. The Morgan fingerprint density at radius 1 is 1.28 bits per heavy atom. The lowest BCUT2D eigenvalue weighted by Gasteiger charge is -2.30. The molecule has 0 spiro atoms. The van der Waals surface area contributed by atoms with Gasteiger partial charge in [-0.2, -0.15) is 5.10 Å². The summed E-state index contributed by atoms with van der Waals surface area (Å²) < 4.78 is 2.53. The van der Waals surface area contributed by atoms with Crippen molar-refractivity contribution >= 4 is 30.1 Å². The molecule has 1 aromatic heterocycles. The van der Waals surface area contributed by atoms with Gasteiger partial charge in [-0.1, -0.05) is 30.3 Å². The summed E-state index contributed by atoms with van der Waals surface area (Å²) in [5.41, 5.74) is 1.000. The van der Waals surface area contributed by atoms with E-state index in [9.17, 15) is 9.59 Å². The molecular weight excluding hydrogens is 386 g/mol. The van der Waals surface area contributed by atoms with E-state index in [1.807, 2.05) is 52.8 Å². The lowest BCUT2D eigenvalue weighted by Crippen LogP contribution is -2.42. The first kappa shape index (κ1) is 21.0. The van der Waals surface area contributed by atoms with Gasteiger partial charge in [0.25, 0.3) is 0 Å². The number of rotatable bonds is 7. The number of piperidine rings is 1. The van der Waals surface area contributed by atoms with E-state index in [2.05, 4.69) is 15.5 Å². The third kappa shape index (κ3) is 5.63. The van der Waals surface area contributed by atoms with Crippen LogP contribution in [0.4, 0.5) is 0 Å². The zero-order valence-electron chi connectivity index (χ0n) is 16.6. The Labute approximate surface area is 175 Å². The van der Waals surface area contributed by atoms with Gasteiger partial charge in [0.15, 0.2) is 4.77 Å². The fraction of sp³-hybridized carbons (Fsp3) is 0.429. The Morgan fingerprint density at radius 3 is 2.69 bits per heavy atom. The highest BCUT2D eigenvalue weighted by Gasteiger charge is 2.26. The van der Waals surface area contributed by atoms with Crippen molar-refractivity contribution in [3.8, 4) is 0 Å².